The average Bonchev–Trinajstić information content (AvgIpc) is 2.38. The molecule has 1 fully saturated rings. The maximum Gasteiger partial charge on any atom is 0.429 e. The summed E-state index contributed by atoms with van der Waals surface area (Å²) < 4.78 is 55.0. The van der Waals surface area contributed by atoms with Gasteiger partial charge in [-0.1, -0.05) is 0 Å². The summed E-state index contributed by atoms with van der Waals surface area (Å²) >= 11 is -0.634. The molecule has 1 saturated heterocycles. The molecule has 0 unspecified atom stereocenters. The van der Waals surface area contributed by atoms with Crippen molar-refractivity contribution in [1.82, 2.24) is 0 Å². The minimum absolute atomic E-state index is 0.0881. The predicted octanol–water partition coefficient (Wildman–Crippen LogP) is 0.307. The Bertz CT molecular complexity index is 214. The van der Waals surface area contributed by atoms with E-state index in [1.165, 1.54) is 0 Å². The van der Waals surface area contributed by atoms with Crippen LogP contribution in [0, 0.1) is 0 Å². The van der Waals surface area contributed by atoms with Crippen LogP contribution in [0.4, 0.5) is 13.2 Å². The van der Waals surface area contributed by atoms with Crippen molar-refractivity contribution in [1.29, 1.82) is 0 Å². The number of rotatable bonds is 1. The SMILES string of the molecule is O=S=C(C1OCCO1)C(F)(F)F. The van der Waals surface area contributed by atoms with Gasteiger partial charge in [0.2, 0.25) is 6.29 Å². The maximum atomic E-state index is 12.0. The minimum Gasteiger partial charge on any atom is -0.345 e. The van der Waals surface area contributed by atoms with Crippen molar-refractivity contribution in [2.75, 3.05) is 13.2 Å². The van der Waals surface area contributed by atoms with Gasteiger partial charge in [-0.2, -0.15) is 13.2 Å². The fourth-order valence-electron chi connectivity index (χ4n) is 0.730. The van der Waals surface area contributed by atoms with Gasteiger partial charge in [0.05, 0.1) is 13.2 Å². The van der Waals surface area contributed by atoms with Crippen LogP contribution >= 0.6 is 0 Å². The van der Waals surface area contributed by atoms with Crippen LogP contribution in [-0.4, -0.2) is 34.8 Å². The van der Waals surface area contributed by atoms with Crippen molar-refractivity contribution < 1.29 is 26.9 Å². The molecule has 0 aromatic rings. The molecule has 0 aromatic carbocycles. The molecule has 0 radical (unpaired) electrons. The van der Waals surface area contributed by atoms with Crippen LogP contribution in [0.3, 0.4) is 0 Å². The highest BCUT2D eigenvalue weighted by Gasteiger charge is 2.43. The molecule has 1 aliphatic heterocycles. The number of halogens is 3. The quantitative estimate of drug-likeness (QED) is 0.574. The van der Waals surface area contributed by atoms with Gasteiger partial charge in [0.15, 0.2) is 4.86 Å². The van der Waals surface area contributed by atoms with Crippen LogP contribution in [-0.2, 0) is 20.7 Å². The van der Waals surface area contributed by atoms with Crippen LogP contribution < -0.4 is 0 Å². The largest absolute Gasteiger partial charge is 0.429 e. The van der Waals surface area contributed by atoms with Gasteiger partial charge in [-0.05, 0) is 0 Å². The van der Waals surface area contributed by atoms with Gasteiger partial charge in [-0.15, -0.1) is 0 Å². The van der Waals surface area contributed by atoms with Crippen molar-refractivity contribution >= 4 is 16.1 Å². The molecule has 3 nitrogen and oxygen atoms in total. The zero-order valence-corrected chi connectivity index (χ0v) is 6.57. The molecule has 0 atom stereocenters. The molecule has 7 heteroatoms. The van der Waals surface area contributed by atoms with E-state index in [-0.39, 0.29) is 13.2 Å². The Kier molecular flexibility index (Phi) is 2.86. The molecule has 0 N–H and O–H groups in total. The van der Waals surface area contributed by atoms with E-state index >= 15 is 0 Å². The second-order valence-corrected chi connectivity index (χ2v) is 2.63. The third-order valence-electron chi connectivity index (χ3n) is 1.21. The molecule has 12 heavy (non-hydrogen) atoms. The molecule has 0 amide bonds. The average molecular weight is 202 g/mol. The Labute approximate surface area is 69.5 Å². The molecule has 0 bridgehead atoms. The lowest BCUT2D eigenvalue weighted by atomic mass is 10.4. The zero-order valence-electron chi connectivity index (χ0n) is 5.76. The highest BCUT2D eigenvalue weighted by molar-refractivity contribution is 7.66. The van der Waals surface area contributed by atoms with Crippen LogP contribution in [0.1, 0.15) is 0 Å². The fraction of sp³-hybridized carbons (Fsp3) is 0.800. The topological polar surface area (TPSA) is 35.5 Å². The second kappa shape index (κ2) is 3.55. The summed E-state index contributed by atoms with van der Waals surface area (Å²) in [7, 11) is 0. The third-order valence-corrected chi connectivity index (χ3v) is 1.81. The standard InChI is InChI=1S/C5H5F3O3S/c6-5(7,8)3(12-9)4-10-1-2-11-4/h4H,1-2H2. The summed E-state index contributed by atoms with van der Waals surface area (Å²) in [4.78, 5) is -1.28. The summed E-state index contributed by atoms with van der Waals surface area (Å²) in [6.45, 7) is 0.176. The molecular weight excluding hydrogens is 197 g/mol. The molecule has 0 aliphatic carbocycles. The number of hydrogen-bond acceptors (Lipinski definition) is 3. The van der Waals surface area contributed by atoms with Crippen molar-refractivity contribution in [3.63, 3.8) is 0 Å². The molecule has 1 rings (SSSR count). The summed E-state index contributed by atoms with van der Waals surface area (Å²) in [6, 6.07) is 0. The van der Waals surface area contributed by atoms with Crippen LogP contribution in [0.5, 0.6) is 0 Å². The lowest BCUT2D eigenvalue weighted by Crippen LogP contribution is -2.35. The number of alkyl halides is 3. The summed E-state index contributed by atoms with van der Waals surface area (Å²) in [6.07, 6.45) is -6.17. The molecule has 0 aromatic heterocycles. The lowest BCUT2D eigenvalue weighted by Gasteiger charge is -2.12. The van der Waals surface area contributed by atoms with Crippen LogP contribution in [0.15, 0.2) is 0 Å². The van der Waals surface area contributed by atoms with Crippen molar-refractivity contribution in [2.24, 2.45) is 0 Å². The van der Waals surface area contributed by atoms with Gasteiger partial charge >= 0.3 is 6.18 Å². The van der Waals surface area contributed by atoms with Gasteiger partial charge in [-0.25, -0.2) is 4.21 Å². The minimum atomic E-state index is -4.65. The summed E-state index contributed by atoms with van der Waals surface area (Å²) in [5.74, 6) is 0. The van der Waals surface area contributed by atoms with Crippen molar-refractivity contribution in [2.45, 2.75) is 12.5 Å². The Hall–Kier alpha value is -0.400. The monoisotopic (exact) mass is 202 g/mol. The number of ether oxygens (including phenoxy) is 2. The number of hydrogen-bond donors (Lipinski definition) is 0. The Balaban J connectivity index is 2.76. The molecule has 1 aliphatic rings. The van der Waals surface area contributed by atoms with E-state index in [4.69, 9.17) is 0 Å². The Morgan fingerprint density at radius 1 is 1.33 bits per heavy atom. The first-order chi connectivity index (χ1) is 5.55. The predicted molar refractivity (Wildman–Crippen MR) is 34.9 cm³/mol. The molecule has 0 spiro atoms. The first kappa shape index (κ1) is 9.69. The van der Waals surface area contributed by atoms with Crippen LogP contribution in [0.2, 0.25) is 0 Å². The third kappa shape index (κ3) is 2.05. The molecular formula is C5H5F3O3S. The first-order valence-electron chi connectivity index (χ1n) is 3.03. The summed E-state index contributed by atoms with van der Waals surface area (Å²) in [5.41, 5.74) is 0. The highest BCUT2D eigenvalue weighted by atomic mass is 32.1. The highest BCUT2D eigenvalue weighted by Crippen LogP contribution is 2.21. The fourth-order valence-corrected chi connectivity index (χ4v) is 1.04. The van der Waals surface area contributed by atoms with Crippen molar-refractivity contribution in [3.8, 4) is 0 Å². The molecule has 0 saturated carbocycles. The summed E-state index contributed by atoms with van der Waals surface area (Å²) in [5, 5.41) is 0. The van der Waals surface area contributed by atoms with Gasteiger partial charge in [0.25, 0.3) is 0 Å². The van der Waals surface area contributed by atoms with Gasteiger partial charge in [-0.3, -0.25) is 0 Å². The first-order valence-corrected chi connectivity index (χ1v) is 3.77. The van der Waals surface area contributed by atoms with E-state index in [9.17, 15) is 17.4 Å². The normalized spacial score (nSPS) is 19.6. The molecule has 1 heterocycles. The van der Waals surface area contributed by atoms with E-state index in [1.54, 1.807) is 0 Å². The van der Waals surface area contributed by atoms with E-state index in [0.29, 0.717) is 0 Å². The van der Waals surface area contributed by atoms with Crippen LogP contribution in [0.25, 0.3) is 0 Å². The van der Waals surface area contributed by atoms with Gasteiger partial charge in [0, 0.05) is 0 Å². The Morgan fingerprint density at radius 2 is 1.83 bits per heavy atom. The molecule has 70 valence electrons. The van der Waals surface area contributed by atoms with E-state index < -0.39 is 28.6 Å². The van der Waals surface area contributed by atoms with Crippen molar-refractivity contribution in [3.05, 3.63) is 0 Å². The smallest absolute Gasteiger partial charge is 0.345 e. The zero-order chi connectivity index (χ0) is 9.19. The van der Waals surface area contributed by atoms with E-state index in [0.717, 1.165) is 0 Å². The van der Waals surface area contributed by atoms with Gasteiger partial charge < -0.3 is 9.47 Å². The lowest BCUT2D eigenvalue weighted by molar-refractivity contribution is -0.0814. The second-order valence-electron chi connectivity index (χ2n) is 2.02. The van der Waals surface area contributed by atoms with E-state index in [2.05, 4.69) is 9.47 Å². The maximum absolute atomic E-state index is 12.0. The Morgan fingerprint density at radius 3 is 2.17 bits per heavy atom. The van der Waals surface area contributed by atoms with Gasteiger partial charge in [0.1, 0.15) is 11.3 Å². The van der Waals surface area contributed by atoms with E-state index in [1.807, 2.05) is 0 Å².